The van der Waals surface area contributed by atoms with Crippen LogP contribution in [0.15, 0.2) is 30.5 Å². The van der Waals surface area contributed by atoms with E-state index < -0.39 is 0 Å². The van der Waals surface area contributed by atoms with Crippen molar-refractivity contribution < 1.29 is 4.79 Å². The largest absolute Gasteiger partial charge is 0.349 e. The molecule has 28 heavy (non-hydrogen) atoms. The Morgan fingerprint density at radius 2 is 2.14 bits per heavy atom. The molecule has 3 fully saturated rings. The second kappa shape index (κ2) is 6.35. The van der Waals surface area contributed by atoms with E-state index in [0.717, 1.165) is 30.8 Å². The van der Waals surface area contributed by atoms with Crippen molar-refractivity contribution in [3.8, 4) is 6.07 Å². The summed E-state index contributed by atoms with van der Waals surface area (Å²) in [4.78, 5) is 15.2. The first-order valence-electron chi connectivity index (χ1n) is 9.36. The number of nitriles is 1. The van der Waals surface area contributed by atoms with Gasteiger partial charge in [-0.15, -0.1) is 5.10 Å². The molecule has 2 bridgehead atoms. The number of hydrogen-bond acceptors (Lipinski definition) is 6. The summed E-state index contributed by atoms with van der Waals surface area (Å²) < 4.78 is 3.17. The predicted molar refractivity (Wildman–Crippen MR) is 103 cm³/mol. The first kappa shape index (κ1) is 16.8. The number of anilines is 2. The zero-order valence-electron chi connectivity index (χ0n) is 15.5. The summed E-state index contributed by atoms with van der Waals surface area (Å²) in [6.45, 7) is 1.91. The van der Waals surface area contributed by atoms with Crippen molar-refractivity contribution in [2.45, 2.75) is 24.9 Å². The van der Waals surface area contributed by atoms with Crippen molar-refractivity contribution >= 4 is 22.9 Å². The van der Waals surface area contributed by atoms with Crippen molar-refractivity contribution in [2.24, 2.45) is 7.05 Å². The number of piperidine rings is 2. The number of hydrogen-bond donors (Lipinski definition) is 2. The van der Waals surface area contributed by atoms with Crippen LogP contribution in [0.1, 0.15) is 29.0 Å². The summed E-state index contributed by atoms with van der Waals surface area (Å²) in [5.74, 6) is 0.559. The zero-order chi connectivity index (χ0) is 19.3. The Hall–Kier alpha value is -3.38. The van der Waals surface area contributed by atoms with Gasteiger partial charge in [-0.25, -0.2) is 4.52 Å². The maximum absolute atomic E-state index is 12.8. The Morgan fingerprint density at radius 1 is 1.29 bits per heavy atom. The van der Waals surface area contributed by atoms with Crippen LogP contribution in [0.5, 0.6) is 0 Å². The minimum Gasteiger partial charge on any atom is -0.349 e. The molecule has 0 aliphatic carbocycles. The summed E-state index contributed by atoms with van der Waals surface area (Å²) in [7, 11) is 1.71. The number of nitrogens with one attached hydrogen (secondary N) is 2. The number of carbonyl (C=O) groups excluding carboxylic acids is 1. The maximum Gasteiger partial charge on any atom is 0.274 e. The van der Waals surface area contributed by atoms with E-state index >= 15 is 0 Å². The van der Waals surface area contributed by atoms with Crippen LogP contribution in [0.3, 0.4) is 0 Å². The Morgan fingerprint density at radius 3 is 2.86 bits per heavy atom. The van der Waals surface area contributed by atoms with E-state index in [2.05, 4.69) is 20.6 Å². The Bertz CT molecular complexity index is 1100. The summed E-state index contributed by atoms with van der Waals surface area (Å²) >= 11 is 0. The molecule has 2 atom stereocenters. The normalized spacial score (nSPS) is 21.1. The van der Waals surface area contributed by atoms with Crippen molar-refractivity contribution in [2.75, 3.05) is 23.3 Å². The van der Waals surface area contributed by atoms with Gasteiger partial charge in [0, 0.05) is 38.4 Å². The van der Waals surface area contributed by atoms with Gasteiger partial charge >= 0.3 is 0 Å². The maximum atomic E-state index is 12.8. The quantitative estimate of drug-likeness (QED) is 0.710. The third kappa shape index (κ3) is 2.70. The smallest absolute Gasteiger partial charge is 0.274 e. The molecule has 9 heteroatoms. The van der Waals surface area contributed by atoms with Gasteiger partial charge in [0.1, 0.15) is 17.6 Å². The number of amides is 1. The van der Waals surface area contributed by atoms with Gasteiger partial charge in [-0.2, -0.15) is 10.4 Å². The Labute approximate surface area is 161 Å². The number of piperazine rings is 1. The second-order valence-corrected chi connectivity index (χ2v) is 7.37. The molecule has 3 aliphatic heterocycles. The summed E-state index contributed by atoms with van der Waals surface area (Å²) in [5.41, 5.74) is 1.84. The molecule has 142 valence electrons. The summed E-state index contributed by atoms with van der Waals surface area (Å²) in [6, 6.07) is 10.6. The summed E-state index contributed by atoms with van der Waals surface area (Å²) in [6.07, 6.45) is 3.98. The minimum absolute atomic E-state index is 0.183. The average molecular weight is 376 g/mol. The Kier molecular flexibility index (Phi) is 3.80. The van der Waals surface area contributed by atoms with Gasteiger partial charge in [0.25, 0.3) is 5.91 Å². The SMILES string of the molecule is Cn1cc(NC(=O)c2ccc3ccc(N4C[C@H]5CC[C@@H]4CN5)nn23)c(C#N)n1. The number of carbonyl (C=O) groups is 1. The highest BCUT2D eigenvalue weighted by Crippen LogP contribution is 2.27. The van der Waals surface area contributed by atoms with Crippen LogP contribution >= 0.6 is 0 Å². The van der Waals surface area contributed by atoms with E-state index in [0.29, 0.717) is 23.5 Å². The lowest BCUT2D eigenvalue weighted by atomic mass is 9.93. The van der Waals surface area contributed by atoms with Crippen molar-refractivity contribution in [1.82, 2.24) is 24.7 Å². The lowest BCUT2D eigenvalue weighted by Crippen LogP contribution is -2.61. The lowest BCUT2D eigenvalue weighted by Gasteiger charge is -2.46. The fraction of sp³-hybridized carbons (Fsp3) is 0.368. The third-order valence-electron chi connectivity index (χ3n) is 5.55. The summed E-state index contributed by atoms with van der Waals surface area (Å²) in [5, 5.41) is 24.3. The zero-order valence-corrected chi connectivity index (χ0v) is 15.5. The van der Waals surface area contributed by atoms with E-state index in [1.54, 1.807) is 23.8 Å². The van der Waals surface area contributed by atoms with Crippen molar-refractivity contribution in [1.29, 1.82) is 5.26 Å². The number of nitrogens with zero attached hydrogens (tertiary/aromatic N) is 6. The molecule has 0 spiro atoms. The minimum atomic E-state index is -0.323. The van der Waals surface area contributed by atoms with Gasteiger partial charge in [0.05, 0.1) is 11.2 Å². The van der Waals surface area contributed by atoms with Crippen LogP contribution in [0.4, 0.5) is 11.5 Å². The van der Waals surface area contributed by atoms with Gasteiger partial charge in [-0.1, -0.05) is 0 Å². The standard InChI is InChI=1S/C19H20N8O/c1-25-11-16(15(8-20)23-25)22-19(28)17-6-4-13-5-7-18(24-27(13)17)26-10-12-2-3-14(26)9-21-12/h4-7,11-12,14,21H,2-3,9-10H2,1H3,(H,22,28)/t12-,14-/m1/s1. The Balaban J connectivity index is 1.46. The fourth-order valence-electron chi connectivity index (χ4n) is 4.14. The molecule has 9 nitrogen and oxygen atoms in total. The third-order valence-corrected chi connectivity index (χ3v) is 5.55. The van der Waals surface area contributed by atoms with Crippen LogP contribution in [0.2, 0.25) is 0 Å². The highest BCUT2D eigenvalue weighted by Gasteiger charge is 2.34. The van der Waals surface area contributed by atoms with Gasteiger partial charge < -0.3 is 15.5 Å². The van der Waals surface area contributed by atoms with E-state index in [9.17, 15) is 10.1 Å². The topological polar surface area (TPSA) is 103 Å². The second-order valence-electron chi connectivity index (χ2n) is 7.37. The van der Waals surface area contributed by atoms with Crippen molar-refractivity contribution in [3.05, 3.63) is 41.9 Å². The van der Waals surface area contributed by atoms with Gasteiger partial charge in [-0.05, 0) is 37.1 Å². The highest BCUT2D eigenvalue weighted by molar-refractivity contribution is 6.04. The van der Waals surface area contributed by atoms with Crippen LogP contribution in [0, 0.1) is 11.3 Å². The number of aromatic nitrogens is 4. The van der Waals surface area contributed by atoms with E-state index in [1.807, 2.05) is 24.3 Å². The molecule has 3 aromatic heterocycles. The average Bonchev–Trinajstić information content (AvgIpc) is 3.31. The van der Waals surface area contributed by atoms with Crippen LogP contribution in [-0.4, -0.2) is 50.5 Å². The molecule has 3 aliphatic rings. The number of rotatable bonds is 3. The number of fused-ring (bicyclic) bond motifs is 4. The lowest BCUT2D eigenvalue weighted by molar-refractivity contribution is 0.102. The van der Waals surface area contributed by atoms with Crippen LogP contribution < -0.4 is 15.5 Å². The molecule has 6 rings (SSSR count). The van der Waals surface area contributed by atoms with E-state index in [4.69, 9.17) is 5.10 Å². The molecule has 1 amide bonds. The van der Waals surface area contributed by atoms with E-state index in [1.165, 1.54) is 11.1 Å². The molecule has 3 saturated heterocycles. The van der Waals surface area contributed by atoms with Crippen LogP contribution in [-0.2, 0) is 7.05 Å². The first-order chi connectivity index (χ1) is 13.6. The van der Waals surface area contributed by atoms with Gasteiger partial charge in [0.2, 0.25) is 0 Å². The van der Waals surface area contributed by atoms with E-state index in [-0.39, 0.29) is 11.6 Å². The predicted octanol–water partition coefficient (Wildman–Crippen LogP) is 1.13. The van der Waals surface area contributed by atoms with Gasteiger partial charge in [0.15, 0.2) is 5.69 Å². The highest BCUT2D eigenvalue weighted by atomic mass is 16.2. The first-order valence-corrected chi connectivity index (χ1v) is 9.36. The molecule has 2 N–H and O–H groups in total. The van der Waals surface area contributed by atoms with Crippen LogP contribution in [0.25, 0.3) is 5.52 Å². The molecule has 6 heterocycles. The monoisotopic (exact) mass is 376 g/mol. The molecule has 0 unspecified atom stereocenters. The fourth-order valence-corrected chi connectivity index (χ4v) is 4.14. The molecular formula is C19H20N8O. The molecule has 0 aromatic carbocycles. The molecular weight excluding hydrogens is 356 g/mol. The van der Waals surface area contributed by atoms with Crippen molar-refractivity contribution in [3.63, 3.8) is 0 Å². The molecule has 3 aromatic rings. The van der Waals surface area contributed by atoms with Gasteiger partial charge in [-0.3, -0.25) is 9.48 Å². The molecule has 0 radical (unpaired) electrons. The number of aryl methyl sites for hydroxylation is 1. The molecule has 0 saturated carbocycles.